The molecule has 1 aromatic carbocycles. The van der Waals surface area contributed by atoms with E-state index in [0.29, 0.717) is 6.61 Å². The lowest BCUT2D eigenvalue weighted by Crippen LogP contribution is -2.44. The highest BCUT2D eigenvalue weighted by atomic mass is 127. The van der Waals surface area contributed by atoms with Gasteiger partial charge in [0.1, 0.15) is 11.5 Å². The summed E-state index contributed by atoms with van der Waals surface area (Å²) in [4.78, 5) is 7.01. The van der Waals surface area contributed by atoms with E-state index in [1.165, 1.54) is 0 Å². The van der Waals surface area contributed by atoms with Gasteiger partial charge in [0.15, 0.2) is 5.96 Å². The number of morpholine rings is 1. The molecule has 1 aliphatic heterocycles. The van der Waals surface area contributed by atoms with E-state index in [2.05, 4.69) is 27.4 Å². The van der Waals surface area contributed by atoms with Gasteiger partial charge in [0.05, 0.1) is 26.9 Å². The van der Waals surface area contributed by atoms with E-state index in [1.807, 2.05) is 24.3 Å². The van der Waals surface area contributed by atoms with Crippen molar-refractivity contribution in [2.75, 3.05) is 66.2 Å². The van der Waals surface area contributed by atoms with Gasteiger partial charge in [-0.1, -0.05) is 0 Å². The summed E-state index contributed by atoms with van der Waals surface area (Å²) in [5.41, 5.74) is 0. The number of guanidine groups is 1. The Morgan fingerprint density at radius 3 is 2.52 bits per heavy atom. The summed E-state index contributed by atoms with van der Waals surface area (Å²) < 4.78 is 16.2. The molecule has 0 radical (unpaired) electrons. The van der Waals surface area contributed by atoms with E-state index in [9.17, 15) is 0 Å². The Bertz CT molecular complexity index is 522. The maximum Gasteiger partial charge on any atom is 0.191 e. The van der Waals surface area contributed by atoms with Crippen molar-refractivity contribution in [1.82, 2.24) is 15.5 Å². The van der Waals surface area contributed by atoms with Crippen molar-refractivity contribution in [3.05, 3.63) is 24.3 Å². The fourth-order valence-corrected chi connectivity index (χ4v) is 2.62. The molecule has 2 rings (SSSR count). The SMILES string of the molecule is CCNC(=NCCCOc1ccc(OC)cc1)NCCN1CCOCC1.I. The first-order valence-corrected chi connectivity index (χ1v) is 9.41. The number of rotatable bonds is 10. The average Bonchev–Trinajstić information content (AvgIpc) is 2.69. The molecule has 0 aliphatic carbocycles. The molecule has 1 aliphatic rings. The quantitative estimate of drug-likeness (QED) is 0.226. The highest BCUT2D eigenvalue weighted by Gasteiger charge is 2.09. The summed E-state index contributed by atoms with van der Waals surface area (Å²) in [5.74, 6) is 2.55. The third-order valence-corrected chi connectivity index (χ3v) is 4.07. The van der Waals surface area contributed by atoms with Gasteiger partial charge in [-0.3, -0.25) is 9.89 Å². The van der Waals surface area contributed by atoms with Gasteiger partial charge in [0, 0.05) is 45.7 Å². The number of hydrogen-bond donors (Lipinski definition) is 2. The van der Waals surface area contributed by atoms with E-state index in [1.54, 1.807) is 7.11 Å². The second-order valence-corrected chi connectivity index (χ2v) is 6.02. The summed E-state index contributed by atoms with van der Waals surface area (Å²) in [6, 6.07) is 7.63. The van der Waals surface area contributed by atoms with Crippen LogP contribution in [0.15, 0.2) is 29.3 Å². The van der Waals surface area contributed by atoms with Crippen LogP contribution < -0.4 is 20.1 Å². The first kappa shape index (κ1) is 23.8. The normalized spacial score (nSPS) is 15.0. The standard InChI is InChI=1S/C19H32N4O3.HI/c1-3-20-19(22-10-11-23-12-15-25-16-13-23)21-9-4-14-26-18-7-5-17(24-2)6-8-18;/h5-8H,3-4,9-16H2,1-2H3,(H2,20,21,22);1H. The van der Waals surface area contributed by atoms with E-state index < -0.39 is 0 Å². The first-order valence-electron chi connectivity index (χ1n) is 9.41. The molecule has 2 N–H and O–H groups in total. The predicted molar refractivity (Wildman–Crippen MR) is 120 cm³/mol. The van der Waals surface area contributed by atoms with Crippen molar-refractivity contribution in [1.29, 1.82) is 0 Å². The third-order valence-electron chi connectivity index (χ3n) is 4.07. The zero-order valence-corrected chi connectivity index (χ0v) is 18.7. The molecule has 1 fully saturated rings. The zero-order valence-electron chi connectivity index (χ0n) is 16.4. The zero-order chi connectivity index (χ0) is 18.5. The molecule has 0 spiro atoms. The van der Waals surface area contributed by atoms with Crippen LogP contribution in [0.25, 0.3) is 0 Å². The lowest BCUT2D eigenvalue weighted by atomic mass is 10.3. The molecule has 154 valence electrons. The Kier molecular flexibility index (Phi) is 13.0. The number of aliphatic imine (C=N–C) groups is 1. The van der Waals surface area contributed by atoms with Gasteiger partial charge in [0.25, 0.3) is 0 Å². The van der Waals surface area contributed by atoms with Gasteiger partial charge in [-0.2, -0.15) is 0 Å². The van der Waals surface area contributed by atoms with Gasteiger partial charge in [-0.15, -0.1) is 24.0 Å². The van der Waals surface area contributed by atoms with Crippen LogP contribution in [-0.4, -0.2) is 77.1 Å². The largest absolute Gasteiger partial charge is 0.497 e. The number of benzene rings is 1. The van der Waals surface area contributed by atoms with E-state index in [-0.39, 0.29) is 24.0 Å². The number of hydrogen-bond acceptors (Lipinski definition) is 5. The van der Waals surface area contributed by atoms with Crippen molar-refractivity contribution in [3.63, 3.8) is 0 Å². The second-order valence-electron chi connectivity index (χ2n) is 6.02. The number of nitrogens with one attached hydrogen (secondary N) is 2. The molecule has 8 heteroatoms. The van der Waals surface area contributed by atoms with Crippen LogP contribution in [0.3, 0.4) is 0 Å². The topological polar surface area (TPSA) is 67.4 Å². The van der Waals surface area contributed by atoms with Gasteiger partial charge >= 0.3 is 0 Å². The molecule has 1 saturated heterocycles. The molecule has 0 unspecified atom stereocenters. The second kappa shape index (κ2) is 14.8. The summed E-state index contributed by atoms with van der Waals surface area (Å²) >= 11 is 0. The molecule has 27 heavy (non-hydrogen) atoms. The molecular weight excluding hydrogens is 459 g/mol. The minimum atomic E-state index is 0. The fourth-order valence-electron chi connectivity index (χ4n) is 2.62. The maximum atomic E-state index is 5.72. The highest BCUT2D eigenvalue weighted by Crippen LogP contribution is 2.16. The molecule has 0 atom stereocenters. The number of halogens is 1. The van der Waals surface area contributed by atoms with Crippen molar-refractivity contribution < 1.29 is 14.2 Å². The fraction of sp³-hybridized carbons (Fsp3) is 0.632. The van der Waals surface area contributed by atoms with Crippen LogP contribution >= 0.6 is 24.0 Å². The van der Waals surface area contributed by atoms with Crippen LogP contribution in [0.2, 0.25) is 0 Å². The van der Waals surface area contributed by atoms with Crippen LogP contribution in [-0.2, 0) is 4.74 Å². The Morgan fingerprint density at radius 1 is 1.15 bits per heavy atom. The Balaban J connectivity index is 0.00000364. The van der Waals surface area contributed by atoms with Crippen molar-refractivity contribution in [2.45, 2.75) is 13.3 Å². The summed E-state index contributed by atoms with van der Waals surface area (Å²) in [6.45, 7) is 9.88. The molecule has 0 bridgehead atoms. The lowest BCUT2D eigenvalue weighted by molar-refractivity contribution is 0.0389. The van der Waals surface area contributed by atoms with Crippen LogP contribution in [0.4, 0.5) is 0 Å². The van der Waals surface area contributed by atoms with Crippen LogP contribution in [0, 0.1) is 0 Å². The van der Waals surface area contributed by atoms with Gasteiger partial charge in [-0.25, -0.2) is 0 Å². The van der Waals surface area contributed by atoms with Crippen molar-refractivity contribution >= 4 is 29.9 Å². The number of nitrogens with zero attached hydrogens (tertiary/aromatic N) is 2. The maximum absolute atomic E-state index is 5.72. The van der Waals surface area contributed by atoms with E-state index >= 15 is 0 Å². The minimum absolute atomic E-state index is 0. The Labute approximate surface area is 179 Å². The molecule has 7 nitrogen and oxygen atoms in total. The molecule has 1 aromatic rings. The van der Waals surface area contributed by atoms with Crippen molar-refractivity contribution in [3.8, 4) is 11.5 Å². The number of methoxy groups -OCH3 is 1. The Morgan fingerprint density at radius 2 is 1.85 bits per heavy atom. The average molecular weight is 492 g/mol. The Hall–Kier alpha value is -1.26. The monoisotopic (exact) mass is 492 g/mol. The minimum Gasteiger partial charge on any atom is -0.497 e. The summed E-state index contributed by atoms with van der Waals surface area (Å²) in [6.07, 6.45) is 0.867. The van der Waals surface area contributed by atoms with E-state index in [4.69, 9.17) is 14.2 Å². The smallest absolute Gasteiger partial charge is 0.191 e. The lowest BCUT2D eigenvalue weighted by Gasteiger charge is -2.26. The van der Waals surface area contributed by atoms with Crippen molar-refractivity contribution in [2.24, 2.45) is 4.99 Å². The summed E-state index contributed by atoms with van der Waals surface area (Å²) in [7, 11) is 1.66. The van der Waals surface area contributed by atoms with Gasteiger partial charge in [-0.05, 0) is 31.2 Å². The van der Waals surface area contributed by atoms with Gasteiger partial charge < -0.3 is 24.8 Å². The first-order chi connectivity index (χ1) is 12.8. The molecule has 0 saturated carbocycles. The predicted octanol–water partition coefficient (Wildman–Crippen LogP) is 1.97. The third kappa shape index (κ3) is 10.0. The van der Waals surface area contributed by atoms with E-state index in [0.717, 1.165) is 76.4 Å². The van der Waals surface area contributed by atoms with Gasteiger partial charge in [0.2, 0.25) is 0 Å². The van der Waals surface area contributed by atoms with Crippen LogP contribution in [0.5, 0.6) is 11.5 Å². The highest BCUT2D eigenvalue weighted by molar-refractivity contribution is 14.0. The van der Waals surface area contributed by atoms with Crippen LogP contribution in [0.1, 0.15) is 13.3 Å². The summed E-state index contributed by atoms with van der Waals surface area (Å²) in [5, 5.41) is 6.67. The molecule has 1 heterocycles. The number of ether oxygens (including phenoxy) is 3. The molecule has 0 amide bonds. The molecule has 0 aromatic heterocycles. The molecular formula is C19H33IN4O3.